The van der Waals surface area contributed by atoms with Crippen molar-refractivity contribution in [1.29, 1.82) is 0 Å². The van der Waals surface area contributed by atoms with Gasteiger partial charge in [-0.15, -0.1) is 5.10 Å². The van der Waals surface area contributed by atoms with Crippen molar-refractivity contribution in [2.75, 3.05) is 18.0 Å². The predicted octanol–water partition coefficient (Wildman–Crippen LogP) is 0.415. The van der Waals surface area contributed by atoms with Gasteiger partial charge in [0, 0.05) is 20.1 Å². The van der Waals surface area contributed by atoms with E-state index in [2.05, 4.69) is 15.0 Å². The second-order valence-electron chi connectivity index (χ2n) is 2.91. The van der Waals surface area contributed by atoms with Gasteiger partial charge < -0.3 is 4.90 Å². The van der Waals surface area contributed by atoms with E-state index in [4.69, 9.17) is 0 Å². The molecule has 0 spiro atoms. The van der Waals surface area contributed by atoms with Crippen molar-refractivity contribution in [3.05, 3.63) is 6.33 Å². The van der Waals surface area contributed by atoms with Crippen LogP contribution in [-0.2, 0) is 7.05 Å². The highest BCUT2D eigenvalue weighted by atomic mass is 15.4. The van der Waals surface area contributed by atoms with Gasteiger partial charge in [0.2, 0.25) is 5.95 Å². The molecule has 11 heavy (non-hydrogen) atoms. The number of rotatable bonds is 1. The summed E-state index contributed by atoms with van der Waals surface area (Å²) in [5.74, 6) is 0.880. The minimum absolute atomic E-state index is 0.880. The first-order chi connectivity index (χ1) is 5.36. The first kappa shape index (κ1) is 6.64. The van der Waals surface area contributed by atoms with Gasteiger partial charge in [-0.3, -0.25) is 4.68 Å². The number of aromatic nitrogens is 3. The monoisotopic (exact) mass is 152 g/mol. The number of aryl methyl sites for hydroxylation is 1. The molecule has 0 bridgehead atoms. The molecular weight excluding hydrogens is 140 g/mol. The van der Waals surface area contributed by atoms with Crippen LogP contribution in [0.5, 0.6) is 0 Å². The molecule has 1 aliphatic heterocycles. The van der Waals surface area contributed by atoms with Crippen LogP contribution in [0.2, 0.25) is 0 Å². The third-order valence-corrected chi connectivity index (χ3v) is 1.98. The molecule has 2 rings (SSSR count). The van der Waals surface area contributed by atoms with Crippen molar-refractivity contribution in [2.45, 2.75) is 12.8 Å². The fourth-order valence-electron chi connectivity index (χ4n) is 1.39. The third-order valence-electron chi connectivity index (χ3n) is 1.98. The molecule has 0 atom stereocenters. The maximum atomic E-state index is 4.22. The summed E-state index contributed by atoms with van der Waals surface area (Å²) < 4.78 is 1.74. The molecule has 1 aromatic rings. The summed E-state index contributed by atoms with van der Waals surface area (Å²) in [5.41, 5.74) is 0. The molecule has 0 aliphatic carbocycles. The highest BCUT2D eigenvalue weighted by Crippen LogP contribution is 2.13. The molecule has 60 valence electrons. The minimum Gasteiger partial charge on any atom is -0.340 e. The van der Waals surface area contributed by atoms with Crippen molar-refractivity contribution in [2.24, 2.45) is 7.05 Å². The summed E-state index contributed by atoms with van der Waals surface area (Å²) in [6.45, 7) is 2.23. The van der Waals surface area contributed by atoms with Crippen molar-refractivity contribution >= 4 is 5.95 Å². The van der Waals surface area contributed by atoms with E-state index in [0.29, 0.717) is 0 Å². The average Bonchev–Trinajstić information content (AvgIpc) is 2.55. The van der Waals surface area contributed by atoms with E-state index < -0.39 is 0 Å². The lowest BCUT2D eigenvalue weighted by Gasteiger charge is -2.10. The second-order valence-corrected chi connectivity index (χ2v) is 2.91. The zero-order chi connectivity index (χ0) is 7.68. The Labute approximate surface area is 65.8 Å². The van der Waals surface area contributed by atoms with E-state index in [9.17, 15) is 0 Å². The Balaban J connectivity index is 2.15. The van der Waals surface area contributed by atoms with Gasteiger partial charge in [0.05, 0.1) is 0 Å². The summed E-state index contributed by atoms with van der Waals surface area (Å²) in [5, 5.41) is 4.22. The van der Waals surface area contributed by atoms with Crippen LogP contribution in [-0.4, -0.2) is 27.9 Å². The van der Waals surface area contributed by atoms with Crippen LogP contribution in [0.1, 0.15) is 12.8 Å². The fraction of sp³-hybridized carbons (Fsp3) is 0.714. The first-order valence-electron chi connectivity index (χ1n) is 3.97. The minimum atomic E-state index is 0.880. The zero-order valence-electron chi connectivity index (χ0n) is 6.69. The maximum absolute atomic E-state index is 4.22. The number of hydrogen-bond acceptors (Lipinski definition) is 3. The molecule has 1 saturated heterocycles. The van der Waals surface area contributed by atoms with Gasteiger partial charge >= 0.3 is 0 Å². The van der Waals surface area contributed by atoms with Crippen molar-refractivity contribution in [1.82, 2.24) is 14.8 Å². The second kappa shape index (κ2) is 2.53. The molecule has 4 heteroatoms. The quantitative estimate of drug-likeness (QED) is 0.584. The predicted molar refractivity (Wildman–Crippen MR) is 42.5 cm³/mol. The smallest absolute Gasteiger partial charge is 0.244 e. The highest BCUT2D eigenvalue weighted by Gasteiger charge is 2.14. The third kappa shape index (κ3) is 1.20. The van der Waals surface area contributed by atoms with Gasteiger partial charge in [0.15, 0.2) is 0 Å². The maximum Gasteiger partial charge on any atom is 0.244 e. The standard InChI is InChI=1S/C7H12N4/c1-10-6-8-7(9-10)11-4-2-3-5-11/h6H,2-5H2,1H3. The van der Waals surface area contributed by atoms with Crippen LogP contribution in [0.15, 0.2) is 6.33 Å². The van der Waals surface area contributed by atoms with Crippen LogP contribution in [0.25, 0.3) is 0 Å². The summed E-state index contributed by atoms with van der Waals surface area (Å²) in [6.07, 6.45) is 4.30. The molecule has 0 amide bonds. The topological polar surface area (TPSA) is 34.0 Å². The lowest BCUT2D eigenvalue weighted by atomic mass is 10.4. The van der Waals surface area contributed by atoms with Crippen LogP contribution in [0, 0.1) is 0 Å². The van der Waals surface area contributed by atoms with Crippen LogP contribution in [0.3, 0.4) is 0 Å². The van der Waals surface area contributed by atoms with Gasteiger partial charge in [-0.05, 0) is 12.8 Å². The molecule has 1 aromatic heterocycles. The van der Waals surface area contributed by atoms with E-state index in [1.165, 1.54) is 12.8 Å². The normalized spacial score (nSPS) is 17.7. The number of hydrogen-bond donors (Lipinski definition) is 0. The first-order valence-corrected chi connectivity index (χ1v) is 3.97. The lowest BCUT2D eigenvalue weighted by Crippen LogP contribution is -2.19. The van der Waals surface area contributed by atoms with E-state index >= 15 is 0 Å². The molecule has 0 saturated carbocycles. The Morgan fingerprint density at radius 3 is 2.64 bits per heavy atom. The zero-order valence-corrected chi connectivity index (χ0v) is 6.69. The van der Waals surface area contributed by atoms with E-state index in [0.717, 1.165) is 19.0 Å². The largest absolute Gasteiger partial charge is 0.340 e. The van der Waals surface area contributed by atoms with Crippen LogP contribution in [0.4, 0.5) is 5.95 Å². The Kier molecular flexibility index (Phi) is 1.52. The van der Waals surface area contributed by atoms with E-state index in [1.54, 1.807) is 11.0 Å². The van der Waals surface area contributed by atoms with Gasteiger partial charge in [-0.25, -0.2) is 4.98 Å². The molecule has 0 N–H and O–H groups in total. The Hall–Kier alpha value is -1.06. The number of anilines is 1. The molecular formula is C7H12N4. The van der Waals surface area contributed by atoms with Crippen molar-refractivity contribution in [3.63, 3.8) is 0 Å². The van der Waals surface area contributed by atoms with Gasteiger partial charge in [-0.2, -0.15) is 0 Å². The Morgan fingerprint density at radius 1 is 1.36 bits per heavy atom. The van der Waals surface area contributed by atoms with Gasteiger partial charge in [0.1, 0.15) is 6.33 Å². The summed E-state index contributed by atoms with van der Waals surface area (Å²) in [6, 6.07) is 0. The van der Waals surface area contributed by atoms with Crippen LogP contribution >= 0.6 is 0 Å². The molecule has 0 aromatic carbocycles. The molecule has 2 heterocycles. The fourth-order valence-corrected chi connectivity index (χ4v) is 1.39. The summed E-state index contributed by atoms with van der Waals surface area (Å²) in [4.78, 5) is 6.40. The molecule has 1 aliphatic rings. The summed E-state index contributed by atoms with van der Waals surface area (Å²) >= 11 is 0. The molecule has 4 nitrogen and oxygen atoms in total. The van der Waals surface area contributed by atoms with Crippen molar-refractivity contribution < 1.29 is 0 Å². The van der Waals surface area contributed by atoms with E-state index in [-0.39, 0.29) is 0 Å². The molecule has 0 radical (unpaired) electrons. The molecule has 1 fully saturated rings. The van der Waals surface area contributed by atoms with Gasteiger partial charge in [-0.1, -0.05) is 0 Å². The lowest BCUT2D eigenvalue weighted by molar-refractivity contribution is 0.755. The molecule has 0 unspecified atom stereocenters. The Morgan fingerprint density at radius 2 is 2.09 bits per heavy atom. The summed E-state index contributed by atoms with van der Waals surface area (Å²) in [7, 11) is 1.90. The highest BCUT2D eigenvalue weighted by molar-refractivity contribution is 5.28. The van der Waals surface area contributed by atoms with E-state index in [1.807, 2.05) is 7.05 Å². The Bertz CT molecular complexity index is 236. The number of nitrogens with zero attached hydrogens (tertiary/aromatic N) is 4. The SMILES string of the molecule is Cn1cnc(N2CCCC2)n1. The van der Waals surface area contributed by atoms with Gasteiger partial charge in [0.25, 0.3) is 0 Å². The van der Waals surface area contributed by atoms with Crippen LogP contribution < -0.4 is 4.90 Å². The average molecular weight is 152 g/mol. The van der Waals surface area contributed by atoms with Crippen molar-refractivity contribution in [3.8, 4) is 0 Å².